The van der Waals surface area contributed by atoms with Crippen molar-refractivity contribution in [3.63, 3.8) is 0 Å². The molecule has 0 saturated heterocycles. The molecule has 0 aliphatic rings. The van der Waals surface area contributed by atoms with Crippen molar-refractivity contribution in [3.8, 4) is 0 Å². The van der Waals surface area contributed by atoms with E-state index in [0.717, 1.165) is 11.8 Å². The molecule has 70 valence electrons. The fourth-order valence-electron chi connectivity index (χ4n) is 1.19. The minimum atomic E-state index is -0.385. The van der Waals surface area contributed by atoms with E-state index in [0.29, 0.717) is 0 Å². The Balaban J connectivity index is 3.21. The van der Waals surface area contributed by atoms with E-state index in [9.17, 15) is 14.9 Å². The first kappa shape index (κ1) is 13.0. The molecule has 0 fully saturated rings. The number of hydrogen-bond acceptors (Lipinski definition) is 3. The van der Waals surface area contributed by atoms with E-state index >= 15 is 0 Å². The molecule has 0 aliphatic heterocycles. The van der Waals surface area contributed by atoms with E-state index in [1.165, 1.54) is 6.92 Å². The summed E-state index contributed by atoms with van der Waals surface area (Å²) in [4.78, 5) is 21.2. The summed E-state index contributed by atoms with van der Waals surface area (Å²) in [7, 11) is 0. The molecule has 0 radical (unpaired) electrons. The van der Waals surface area contributed by atoms with Gasteiger partial charge in [0.1, 0.15) is 0 Å². The Bertz CT molecular complexity index is 411. The van der Waals surface area contributed by atoms with Gasteiger partial charge in [-0.2, -0.15) is 0 Å². The van der Waals surface area contributed by atoms with Crippen LogP contribution in [-0.4, -0.2) is 10.8 Å². The van der Waals surface area contributed by atoms with Crippen molar-refractivity contribution in [2.24, 2.45) is 0 Å². The number of non-ortho nitro benzene ring substituents is 1. The van der Waals surface area contributed by atoms with Crippen LogP contribution < -0.4 is 11.5 Å². The SMILES string of the molecule is CC(=O)Nc1[c]([Hg])cc([N+](=O)[O-])c[c]1[Hg]. The third-order valence-electron chi connectivity index (χ3n) is 1.80. The van der Waals surface area contributed by atoms with E-state index < -0.39 is 0 Å². The molecule has 1 amide bonds. The Morgan fingerprint density at radius 2 is 1.87 bits per heavy atom. The molecule has 7 heteroatoms. The van der Waals surface area contributed by atoms with Crippen molar-refractivity contribution in [3.05, 3.63) is 22.2 Å². The fraction of sp³-hybridized carbons (Fsp3) is 0.125. The van der Waals surface area contributed by atoms with Crippen LogP contribution in [-0.2, 0) is 57.0 Å². The molecule has 1 rings (SSSR count). The normalized spacial score (nSPS) is 9.93. The summed E-state index contributed by atoms with van der Waals surface area (Å²) >= 11 is 0.514. The van der Waals surface area contributed by atoms with Crippen molar-refractivity contribution in [2.75, 3.05) is 5.32 Å². The van der Waals surface area contributed by atoms with E-state index in [1.807, 2.05) is 0 Å². The molecular formula is C8H6Hg2N2O3. The average Bonchev–Trinajstić information content (AvgIpc) is 2.10. The van der Waals surface area contributed by atoms with E-state index in [4.69, 9.17) is 0 Å². The van der Waals surface area contributed by atoms with Gasteiger partial charge in [-0.05, 0) is 0 Å². The Kier molecular flexibility index (Phi) is 4.64. The number of nitrogens with zero attached hydrogens (tertiary/aromatic N) is 1. The molecule has 0 unspecified atom stereocenters. The molecule has 1 aromatic rings. The van der Waals surface area contributed by atoms with Crippen molar-refractivity contribution < 1.29 is 62.0 Å². The maximum absolute atomic E-state index is 10.9. The Labute approximate surface area is 119 Å². The topological polar surface area (TPSA) is 72.2 Å². The van der Waals surface area contributed by atoms with Gasteiger partial charge in [-0.3, -0.25) is 0 Å². The fourth-order valence-corrected chi connectivity index (χ4v) is 9.05. The molecule has 1 N–H and O–H groups in total. The van der Waals surface area contributed by atoms with Gasteiger partial charge >= 0.3 is 120 Å². The number of nitro benzene ring substituents is 1. The molecule has 15 heavy (non-hydrogen) atoms. The molecule has 5 nitrogen and oxygen atoms in total. The standard InChI is InChI=1S/C8H6N2O3.2Hg/c1-6(11)9-7-2-4-8(5-3-7)10(12)13;;/h4-5H,1H3,(H,9,11);;. The van der Waals surface area contributed by atoms with Crippen LogP contribution in [0.25, 0.3) is 0 Å². The first-order chi connectivity index (χ1) is 6.91. The summed E-state index contributed by atoms with van der Waals surface area (Å²) < 4.78 is 1.87. The van der Waals surface area contributed by atoms with Gasteiger partial charge in [0.25, 0.3) is 0 Å². The van der Waals surface area contributed by atoms with Crippen molar-refractivity contribution >= 4 is 23.4 Å². The molecular weight excluding hydrogens is 573 g/mol. The Morgan fingerprint density at radius 1 is 1.40 bits per heavy atom. The predicted molar refractivity (Wildman–Crippen MR) is 46.7 cm³/mol. The molecule has 0 bridgehead atoms. The second-order valence-electron chi connectivity index (χ2n) is 3.08. The monoisotopic (exact) mass is 582 g/mol. The van der Waals surface area contributed by atoms with Gasteiger partial charge in [0, 0.05) is 0 Å². The molecule has 0 saturated carbocycles. The number of benzene rings is 1. The summed E-state index contributed by atoms with van der Waals surface area (Å²) in [5.41, 5.74) is 0.957. The van der Waals surface area contributed by atoms with Gasteiger partial charge in [-0.15, -0.1) is 0 Å². The number of amides is 1. The van der Waals surface area contributed by atoms with Gasteiger partial charge in [0.05, 0.1) is 0 Å². The first-order valence-electron chi connectivity index (χ1n) is 4.15. The number of rotatable bonds is 2. The number of carbonyl (C=O) groups is 1. The van der Waals surface area contributed by atoms with Crippen LogP contribution in [0.3, 0.4) is 0 Å². The number of nitrogens with one attached hydrogen (secondary N) is 1. The van der Waals surface area contributed by atoms with Crippen LogP contribution in [0.5, 0.6) is 0 Å². The predicted octanol–water partition coefficient (Wildman–Crippen LogP) is -0.103. The zero-order valence-corrected chi connectivity index (χ0v) is 19.2. The maximum atomic E-state index is 10.9. The van der Waals surface area contributed by atoms with Crippen LogP contribution in [0.4, 0.5) is 11.4 Å². The first-order valence-corrected chi connectivity index (χ1v) is 9.65. The zero-order valence-electron chi connectivity index (χ0n) is 8.24. The third-order valence-corrected chi connectivity index (χ3v) is 6.13. The number of anilines is 1. The number of nitro groups is 1. The van der Waals surface area contributed by atoms with Crippen LogP contribution in [0.1, 0.15) is 6.92 Å². The van der Waals surface area contributed by atoms with E-state index in [-0.39, 0.29) is 68.8 Å². The average molecular weight is 579 g/mol. The van der Waals surface area contributed by atoms with Gasteiger partial charge in [0.2, 0.25) is 0 Å². The van der Waals surface area contributed by atoms with Crippen molar-refractivity contribution in [1.82, 2.24) is 0 Å². The van der Waals surface area contributed by atoms with Crippen molar-refractivity contribution in [2.45, 2.75) is 6.92 Å². The third kappa shape index (κ3) is 3.48. The molecule has 0 heterocycles. The number of carbonyl (C=O) groups excluding carboxylic acids is 1. The molecule has 0 aliphatic carbocycles. The Morgan fingerprint density at radius 3 is 2.20 bits per heavy atom. The number of hydrogen-bond donors (Lipinski definition) is 1. The molecule has 1 aromatic carbocycles. The van der Waals surface area contributed by atoms with Crippen LogP contribution in [0.15, 0.2) is 12.1 Å². The summed E-state index contributed by atoms with van der Waals surface area (Å²) in [6.45, 7) is 1.45. The summed E-state index contributed by atoms with van der Waals surface area (Å²) in [5.74, 6) is -0.123. The minimum absolute atomic E-state index is 0.123. The summed E-state index contributed by atoms with van der Waals surface area (Å²) in [6.07, 6.45) is 0. The van der Waals surface area contributed by atoms with Gasteiger partial charge in [-0.1, -0.05) is 0 Å². The van der Waals surface area contributed by atoms with Crippen LogP contribution in [0, 0.1) is 10.1 Å². The van der Waals surface area contributed by atoms with Gasteiger partial charge in [0.15, 0.2) is 0 Å². The van der Waals surface area contributed by atoms with Crippen LogP contribution >= 0.6 is 0 Å². The van der Waals surface area contributed by atoms with Gasteiger partial charge < -0.3 is 0 Å². The molecule has 0 aromatic heterocycles. The summed E-state index contributed by atoms with van der Waals surface area (Å²) in [6, 6.07) is 3.12. The second kappa shape index (κ2) is 5.34. The van der Waals surface area contributed by atoms with E-state index in [2.05, 4.69) is 5.32 Å². The van der Waals surface area contributed by atoms with E-state index in [1.54, 1.807) is 12.1 Å². The quantitative estimate of drug-likeness (QED) is 0.303. The molecule has 0 spiro atoms. The van der Waals surface area contributed by atoms with Gasteiger partial charge in [-0.25, -0.2) is 0 Å². The zero-order chi connectivity index (χ0) is 11.6. The Hall–Kier alpha value is -0.0399. The van der Waals surface area contributed by atoms with Crippen molar-refractivity contribution in [1.29, 1.82) is 0 Å². The second-order valence-corrected chi connectivity index (χ2v) is 9.00. The summed E-state index contributed by atoms with van der Waals surface area (Å²) in [5, 5.41) is 13.3. The van der Waals surface area contributed by atoms with Crippen LogP contribution in [0.2, 0.25) is 0 Å². The molecule has 0 atom stereocenters.